The molecule has 2 fully saturated rings. The molecule has 1 atom stereocenters. The maximum absolute atomic E-state index is 13.3. The molecule has 0 unspecified atom stereocenters. The summed E-state index contributed by atoms with van der Waals surface area (Å²) in [4.78, 5) is 29.1. The van der Waals surface area contributed by atoms with Crippen LogP contribution in [0, 0.1) is 10.1 Å². The van der Waals surface area contributed by atoms with Crippen molar-refractivity contribution in [3.05, 3.63) is 63.2 Å². The van der Waals surface area contributed by atoms with Crippen LogP contribution in [0.3, 0.4) is 0 Å². The molecular weight excluding hydrogens is 535 g/mol. The molecule has 4 rings (SSSR count). The summed E-state index contributed by atoms with van der Waals surface area (Å²) in [5, 5.41) is 14.7. The Balaban J connectivity index is 0.00000420. The van der Waals surface area contributed by atoms with Crippen molar-refractivity contribution in [2.24, 2.45) is 0 Å². The number of nitro groups is 1. The van der Waals surface area contributed by atoms with E-state index in [0.717, 1.165) is 68.4 Å². The Morgan fingerprint density at radius 3 is 2.51 bits per heavy atom. The second kappa shape index (κ2) is 13.3. The van der Waals surface area contributed by atoms with E-state index >= 15 is 0 Å². The summed E-state index contributed by atoms with van der Waals surface area (Å²) in [7, 11) is 0. The highest BCUT2D eigenvalue weighted by molar-refractivity contribution is 6.30. The van der Waals surface area contributed by atoms with Gasteiger partial charge in [0.15, 0.2) is 0 Å². The molecule has 0 aliphatic carbocycles. The van der Waals surface area contributed by atoms with Crippen LogP contribution in [0.4, 0.5) is 30.2 Å². The highest BCUT2D eigenvalue weighted by atomic mass is 35.5. The summed E-state index contributed by atoms with van der Waals surface area (Å²) in [6, 6.07) is 10.5. The monoisotopic (exact) mass is 569 g/mol. The maximum atomic E-state index is 13.3. The van der Waals surface area contributed by atoms with E-state index in [1.807, 2.05) is 24.3 Å². The van der Waals surface area contributed by atoms with Crippen molar-refractivity contribution in [2.45, 2.75) is 45.3 Å². The van der Waals surface area contributed by atoms with Crippen molar-refractivity contribution in [2.75, 3.05) is 56.0 Å². The van der Waals surface area contributed by atoms with Crippen LogP contribution in [0.15, 0.2) is 42.5 Å². The Morgan fingerprint density at radius 1 is 1.08 bits per heavy atom. The summed E-state index contributed by atoms with van der Waals surface area (Å²) in [5.41, 5.74) is -0.959. The minimum Gasteiger partial charge on any atom is -0.380 e. The number of alkyl halides is 3. The fourth-order valence-electron chi connectivity index (χ4n) is 5.07. The zero-order valence-electron chi connectivity index (χ0n) is 20.9. The summed E-state index contributed by atoms with van der Waals surface area (Å²) >= 11 is 6.00. The Morgan fingerprint density at radius 2 is 1.82 bits per heavy atom. The number of carbonyl (C=O) groups is 1. The normalized spacial score (nSPS) is 18.4. The third-order valence-electron chi connectivity index (χ3n) is 7.06. The number of likely N-dealkylation sites (tertiary alicyclic amines) is 1. The van der Waals surface area contributed by atoms with Gasteiger partial charge in [-0.25, -0.2) is 0 Å². The molecule has 12 heteroatoms. The molecule has 2 aliphatic heterocycles. The van der Waals surface area contributed by atoms with Crippen LogP contribution in [0.25, 0.3) is 0 Å². The van der Waals surface area contributed by atoms with Gasteiger partial charge >= 0.3 is 6.18 Å². The SMILES string of the molecule is C.O=C(CCCN1CCCN(c2ccc(Cl)cc2)CC1)N1CC[C@@H](Nc2ccc([N+](=O)[O-])c(C(F)(F)F)c2)C1. The number of anilines is 2. The van der Waals surface area contributed by atoms with Crippen molar-refractivity contribution < 1.29 is 22.9 Å². The highest BCUT2D eigenvalue weighted by Crippen LogP contribution is 2.38. The van der Waals surface area contributed by atoms with E-state index in [4.69, 9.17) is 11.6 Å². The second-order valence-corrected chi connectivity index (χ2v) is 10.2. The molecule has 0 spiro atoms. The van der Waals surface area contributed by atoms with Crippen molar-refractivity contribution >= 4 is 34.6 Å². The van der Waals surface area contributed by atoms with Crippen molar-refractivity contribution in [3.63, 3.8) is 0 Å². The van der Waals surface area contributed by atoms with Crippen LogP contribution >= 0.6 is 11.6 Å². The van der Waals surface area contributed by atoms with Gasteiger partial charge in [0.1, 0.15) is 5.56 Å². The molecule has 2 aromatic rings. The predicted octanol–water partition coefficient (Wildman–Crippen LogP) is 5.91. The lowest BCUT2D eigenvalue weighted by atomic mass is 10.1. The first kappa shape index (κ1) is 30.5. The van der Waals surface area contributed by atoms with Crippen LogP contribution in [0.2, 0.25) is 5.02 Å². The fraction of sp³-hybridized carbons (Fsp3) is 0.519. The maximum Gasteiger partial charge on any atom is 0.423 e. The molecule has 2 aliphatic rings. The van der Waals surface area contributed by atoms with Crippen molar-refractivity contribution in [3.8, 4) is 0 Å². The predicted molar refractivity (Wildman–Crippen MR) is 147 cm³/mol. The first-order valence-electron chi connectivity index (χ1n) is 12.7. The Kier molecular flexibility index (Phi) is 10.4. The molecular formula is C27H35ClF3N5O3. The van der Waals surface area contributed by atoms with Gasteiger partial charge in [-0.05, 0) is 68.8 Å². The lowest BCUT2D eigenvalue weighted by Crippen LogP contribution is -2.33. The molecule has 0 aromatic heterocycles. The van der Waals surface area contributed by atoms with Crippen LogP contribution in [-0.2, 0) is 11.0 Å². The van der Waals surface area contributed by atoms with Gasteiger partial charge in [0.2, 0.25) is 5.91 Å². The van der Waals surface area contributed by atoms with Crippen molar-refractivity contribution in [1.29, 1.82) is 0 Å². The molecule has 0 saturated carbocycles. The fourth-order valence-corrected chi connectivity index (χ4v) is 5.20. The smallest absolute Gasteiger partial charge is 0.380 e. The Hall–Kier alpha value is -3.05. The molecule has 39 heavy (non-hydrogen) atoms. The second-order valence-electron chi connectivity index (χ2n) is 9.72. The van der Waals surface area contributed by atoms with E-state index in [2.05, 4.69) is 15.1 Å². The molecule has 2 saturated heterocycles. The number of carbonyl (C=O) groups excluding carboxylic acids is 1. The third kappa shape index (κ3) is 8.22. The topological polar surface area (TPSA) is 82.0 Å². The zero-order valence-corrected chi connectivity index (χ0v) is 21.7. The third-order valence-corrected chi connectivity index (χ3v) is 7.31. The molecule has 214 valence electrons. The Labute approximate surface area is 231 Å². The average molecular weight is 570 g/mol. The summed E-state index contributed by atoms with van der Waals surface area (Å²) in [6.45, 7) is 5.52. The van der Waals surface area contributed by atoms with Crippen molar-refractivity contribution in [1.82, 2.24) is 9.80 Å². The number of nitrogens with zero attached hydrogens (tertiary/aromatic N) is 4. The molecule has 1 amide bonds. The number of nitro benzene ring substituents is 1. The lowest BCUT2D eigenvalue weighted by molar-refractivity contribution is -0.388. The molecule has 2 heterocycles. The number of rotatable bonds is 8. The lowest BCUT2D eigenvalue weighted by Gasteiger charge is -2.24. The van der Waals surface area contributed by atoms with E-state index in [1.165, 1.54) is 6.07 Å². The molecule has 8 nitrogen and oxygen atoms in total. The zero-order chi connectivity index (χ0) is 27.3. The van der Waals surface area contributed by atoms with Crippen LogP contribution in [0.5, 0.6) is 0 Å². The minimum atomic E-state index is -4.83. The Bertz CT molecular complexity index is 1130. The van der Waals surface area contributed by atoms with Crippen LogP contribution in [0.1, 0.15) is 38.7 Å². The van der Waals surface area contributed by atoms with E-state index in [0.29, 0.717) is 25.9 Å². The van der Waals surface area contributed by atoms with Gasteiger partial charge in [0, 0.05) is 67.7 Å². The van der Waals surface area contributed by atoms with E-state index in [-0.39, 0.29) is 25.1 Å². The number of nitrogens with one attached hydrogen (secondary N) is 1. The summed E-state index contributed by atoms with van der Waals surface area (Å²) in [6.07, 6.45) is -2.05. The average Bonchev–Trinajstić information content (AvgIpc) is 3.21. The first-order valence-corrected chi connectivity index (χ1v) is 13.1. The number of benzene rings is 2. The minimum absolute atomic E-state index is 0. The van der Waals surface area contributed by atoms with Gasteiger partial charge in [-0.15, -0.1) is 0 Å². The summed E-state index contributed by atoms with van der Waals surface area (Å²) in [5.74, 6) is 0.0339. The molecule has 0 radical (unpaired) electrons. The van der Waals surface area contributed by atoms with Gasteiger partial charge in [-0.2, -0.15) is 13.2 Å². The van der Waals surface area contributed by atoms with E-state index in [9.17, 15) is 28.1 Å². The molecule has 0 bridgehead atoms. The van der Waals surface area contributed by atoms with Gasteiger partial charge in [0.25, 0.3) is 5.69 Å². The van der Waals surface area contributed by atoms with Gasteiger partial charge < -0.3 is 20.0 Å². The van der Waals surface area contributed by atoms with E-state index in [1.54, 1.807) is 4.90 Å². The quantitative estimate of drug-likeness (QED) is 0.314. The number of hydrogen-bond acceptors (Lipinski definition) is 6. The van der Waals surface area contributed by atoms with Gasteiger partial charge in [-0.1, -0.05) is 19.0 Å². The van der Waals surface area contributed by atoms with Crippen LogP contribution in [-0.4, -0.2) is 72.5 Å². The summed E-state index contributed by atoms with van der Waals surface area (Å²) < 4.78 is 39.8. The van der Waals surface area contributed by atoms with Gasteiger partial charge in [0.05, 0.1) is 4.92 Å². The van der Waals surface area contributed by atoms with E-state index < -0.39 is 22.4 Å². The standard InChI is InChI=1S/C26H31ClF3N5O3.CH4/c27-19-4-7-22(8-5-19)33-13-2-12-32(15-16-33)11-1-3-25(36)34-14-10-21(18-34)31-20-6-9-24(35(37)38)23(17-20)26(28,29)30;/h4-9,17,21,31H,1-3,10-16,18H2;1H4/t21-;/m1./s1. The first-order chi connectivity index (χ1) is 18.1. The number of halogens is 4. The largest absolute Gasteiger partial charge is 0.423 e. The van der Waals surface area contributed by atoms with Crippen LogP contribution < -0.4 is 10.2 Å². The number of hydrogen-bond donors (Lipinski definition) is 1. The number of amides is 1. The molecule has 1 N–H and O–H groups in total. The molecule has 2 aromatic carbocycles. The van der Waals surface area contributed by atoms with Gasteiger partial charge in [-0.3, -0.25) is 14.9 Å². The highest BCUT2D eigenvalue weighted by Gasteiger charge is 2.38.